The van der Waals surface area contributed by atoms with Crippen molar-refractivity contribution in [1.82, 2.24) is 24.3 Å². The second-order valence-electron chi connectivity index (χ2n) is 6.91. The van der Waals surface area contributed by atoms with E-state index in [2.05, 4.69) is 15.3 Å². The van der Waals surface area contributed by atoms with Gasteiger partial charge in [-0.1, -0.05) is 6.07 Å². The number of amides is 1. The lowest BCUT2D eigenvalue weighted by molar-refractivity contribution is -0.193. The van der Waals surface area contributed by atoms with Gasteiger partial charge in [0.25, 0.3) is 5.91 Å². The summed E-state index contributed by atoms with van der Waals surface area (Å²) in [4.78, 5) is 38.6. The van der Waals surface area contributed by atoms with Crippen molar-refractivity contribution in [3.8, 4) is 0 Å². The van der Waals surface area contributed by atoms with E-state index in [4.69, 9.17) is 24.5 Å². The number of methoxy groups -OCH3 is 1. The Morgan fingerprint density at radius 2 is 1.65 bits per heavy atom. The molecule has 204 valence electrons. The van der Waals surface area contributed by atoms with Gasteiger partial charge in [0.1, 0.15) is 11.3 Å². The third kappa shape index (κ3) is 10.2. The highest BCUT2D eigenvalue weighted by Crippen LogP contribution is 2.14. The van der Waals surface area contributed by atoms with Crippen LogP contribution in [0.25, 0.3) is 5.65 Å². The number of fused-ring (bicyclic) bond motifs is 1. The lowest BCUT2D eigenvalue weighted by Crippen LogP contribution is -2.24. The van der Waals surface area contributed by atoms with E-state index in [9.17, 15) is 31.1 Å². The van der Waals surface area contributed by atoms with Crippen LogP contribution in [0.1, 0.15) is 21.7 Å². The number of carboxylic acid groups (broad SMARTS) is 2. The van der Waals surface area contributed by atoms with Crippen molar-refractivity contribution < 1.29 is 55.7 Å². The monoisotopic (exact) mass is 541 g/mol. The van der Waals surface area contributed by atoms with Gasteiger partial charge >= 0.3 is 24.3 Å². The Bertz CT molecular complexity index is 1180. The maximum absolute atomic E-state index is 12.3. The molecule has 0 bridgehead atoms. The topological polar surface area (TPSA) is 148 Å². The smallest absolute Gasteiger partial charge is 0.475 e. The van der Waals surface area contributed by atoms with Gasteiger partial charge in [0.2, 0.25) is 0 Å². The summed E-state index contributed by atoms with van der Waals surface area (Å²) in [5.41, 5.74) is 3.16. The SMILES string of the molecule is COCCn1cncc1CNC(=O)c1cn2cccc(C)c2n1.O=C(O)C(F)(F)F.O=C(O)C(F)(F)F. The summed E-state index contributed by atoms with van der Waals surface area (Å²) in [5.74, 6) is -5.72. The number of carboxylic acids is 2. The Morgan fingerprint density at radius 3 is 2.14 bits per heavy atom. The molecule has 3 aromatic rings. The number of pyridine rings is 1. The molecule has 3 N–H and O–H groups in total. The number of carbonyl (C=O) groups is 3. The first kappa shape index (κ1) is 30.9. The number of aliphatic carboxylic acids is 2. The van der Waals surface area contributed by atoms with E-state index in [1.54, 1.807) is 25.8 Å². The summed E-state index contributed by atoms with van der Waals surface area (Å²) < 4.78 is 72.3. The third-order valence-electron chi connectivity index (χ3n) is 4.16. The Hall–Kier alpha value is -4.15. The van der Waals surface area contributed by atoms with Crippen LogP contribution in [0.3, 0.4) is 0 Å². The molecule has 1 amide bonds. The van der Waals surface area contributed by atoms with Crippen molar-refractivity contribution in [2.24, 2.45) is 0 Å². The first-order valence-corrected chi connectivity index (χ1v) is 9.88. The Kier molecular flexibility index (Phi) is 11.0. The quantitative estimate of drug-likeness (QED) is 0.404. The average molecular weight is 541 g/mol. The number of aromatic nitrogens is 4. The third-order valence-corrected chi connectivity index (χ3v) is 4.16. The number of aryl methyl sites for hydroxylation is 1. The fourth-order valence-electron chi connectivity index (χ4n) is 2.41. The highest BCUT2D eigenvalue weighted by atomic mass is 19.4. The highest BCUT2D eigenvalue weighted by Gasteiger charge is 2.38. The minimum absolute atomic E-state index is 0.201. The molecule has 0 aliphatic heterocycles. The predicted molar refractivity (Wildman–Crippen MR) is 113 cm³/mol. The summed E-state index contributed by atoms with van der Waals surface area (Å²) in [6, 6.07) is 3.90. The Balaban J connectivity index is 0.000000404. The van der Waals surface area contributed by atoms with Crippen LogP contribution in [0.5, 0.6) is 0 Å². The van der Waals surface area contributed by atoms with Crippen LogP contribution in [0, 0.1) is 6.92 Å². The number of halogens is 6. The molecular weight excluding hydrogens is 520 g/mol. The summed E-state index contributed by atoms with van der Waals surface area (Å²) in [6.45, 7) is 3.67. The molecule has 3 aromatic heterocycles. The van der Waals surface area contributed by atoms with Gasteiger partial charge < -0.3 is 29.2 Å². The summed E-state index contributed by atoms with van der Waals surface area (Å²) >= 11 is 0. The molecule has 0 spiro atoms. The Labute approximate surface area is 204 Å². The molecule has 37 heavy (non-hydrogen) atoms. The van der Waals surface area contributed by atoms with Gasteiger partial charge in [-0.2, -0.15) is 26.3 Å². The van der Waals surface area contributed by atoms with E-state index in [0.717, 1.165) is 16.9 Å². The molecule has 0 atom stereocenters. The minimum Gasteiger partial charge on any atom is -0.475 e. The molecule has 0 unspecified atom stereocenters. The van der Waals surface area contributed by atoms with E-state index in [0.29, 0.717) is 25.4 Å². The predicted octanol–water partition coefficient (Wildman–Crippen LogP) is 2.68. The first-order valence-electron chi connectivity index (χ1n) is 9.88. The molecule has 3 heterocycles. The van der Waals surface area contributed by atoms with E-state index in [1.807, 2.05) is 34.2 Å². The van der Waals surface area contributed by atoms with Crippen molar-refractivity contribution in [3.63, 3.8) is 0 Å². The number of hydrogen-bond donors (Lipinski definition) is 3. The van der Waals surface area contributed by atoms with Gasteiger partial charge in [-0.15, -0.1) is 0 Å². The average Bonchev–Trinajstić information content (AvgIpc) is 3.43. The lowest BCUT2D eigenvalue weighted by atomic mass is 10.3. The molecule has 0 radical (unpaired) electrons. The molecule has 0 saturated heterocycles. The number of nitrogens with zero attached hydrogens (tertiary/aromatic N) is 4. The van der Waals surface area contributed by atoms with Crippen LogP contribution in [-0.4, -0.2) is 73.1 Å². The second kappa shape index (κ2) is 13.2. The highest BCUT2D eigenvalue weighted by molar-refractivity contribution is 5.92. The molecule has 3 rings (SSSR count). The first-order chi connectivity index (χ1) is 17.1. The van der Waals surface area contributed by atoms with E-state index in [1.165, 1.54) is 0 Å². The van der Waals surface area contributed by atoms with Gasteiger partial charge in [-0.25, -0.2) is 19.6 Å². The number of imidazole rings is 2. The summed E-state index contributed by atoms with van der Waals surface area (Å²) in [5, 5.41) is 17.1. The fourth-order valence-corrected chi connectivity index (χ4v) is 2.41. The van der Waals surface area contributed by atoms with E-state index >= 15 is 0 Å². The van der Waals surface area contributed by atoms with Crippen LogP contribution in [-0.2, 0) is 27.4 Å². The number of alkyl halides is 6. The van der Waals surface area contributed by atoms with Gasteiger partial charge in [-0.05, 0) is 18.6 Å². The standard InChI is InChI=1S/C16H19N5O2.2C2HF3O2/c1-12-4-3-5-20-10-14(19-15(12)20)16(22)18-9-13-8-17-11-21(13)6-7-23-2;2*3-2(4,5)1(6)7/h3-5,8,10-11H,6-7,9H2,1-2H3,(H,18,22);2*(H,6,7). The molecule has 11 nitrogen and oxygen atoms in total. The summed E-state index contributed by atoms with van der Waals surface area (Å²) in [7, 11) is 1.66. The number of ether oxygens (including phenoxy) is 1. The van der Waals surface area contributed by atoms with Gasteiger partial charge in [-0.3, -0.25) is 4.79 Å². The van der Waals surface area contributed by atoms with Crippen LogP contribution in [0.4, 0.5) is 26.3 Å². The maximum atomic E-state index is 12.3. The van der Waals surface area contributed by atoms with Gasteiger partial charge in [0.15, 0.2) is 0 Å². The number of rotatable bonds is 6. The zero-order valence-corrected chi connectivity index (χ0v) is 19.2. The largest absolute Gasteiger partial charge is 0.490 e. The van der Waals surface area contributed by atoms with Gasteiger partial charge in [0.05, 0.1) is 25.2 Å². The zero-order chi connectivity index (χ0) is 28.4. The number of nitrogens with one attached hydrogen (secondary N) is 1. The molecule has 0 aromatic carbocycles. The van der Waals surface area contributed by atoms with Crippen molar-refractivity contribution in [2.45, 2.75) is 32.4 Å². The second-order valence-corrected chi connectivity index (χ2v) is 6.91. The van der Waals surface area contributed by atoms with Gasteiger partial charge in [0, 0.05) is 32.2 Å². The summed E-state index contributed by atoms with van der Waals surface area (Å²) in [6.07, 6.45) is -3.08. The molecule has 0 aliphatic rings. The van der Waals surface area contributed by atoms with Crippen molar-refractivity contribution in [3.05, 3.63) is 54.0 Å². The number of hydrogen-bond acceptors (Lipinski definition) is 6. The normalized spacial score (nSPS) is 11.1. The van der Waals surface area contributed by atoms with Crippen LogP contribution in [0.2, 0.25) is 0 Å². The van der Waals surface area contributed by atoms with Crippen LogP contribution >= 0.6 is 0 Å². The minimum atomic E-state index is -5.08. The lowest BCUT2D eigenvalue weighted by Gasteiger charge is -2.08. The van der Waals surface area contributed by atoms with Crippen molar-refractivity contribution >= 4 is 23.5 Å². The van der Waals surface area contributed by atoms with Crippen LogP contribution < -0.4 is 5.32 Å². The van der Waals surface area contributed by atoms with E-state index in [-0.39, 0.29) is 5.91 Å². The number of carbonyl (C=O) groups excluding carboxylic acids is 1. The Morgan fingerprint density at radius 1 is 1.08 bits per heavy atom. The molecule has 0 aliphatic carbocycles. The van der Waals surface area contributed by atoms with Crippen LogP contribution in [0.15, 0.2) is 37.1 Å². The molecular formula is C20H21F6N5O6. The molecule has 0 saturated carbocycles. The zero-order valence-electron chi connectivity index (χ0n) is 19.2. The van der Waals surface area contributed by atoms with Crippen molar-refractivity contribution in [1.29, 1.82) is 0 Å². The van der Waals surface area contributed by atoms with Crippen molar-refractivity contribution in [2.75, 3.05) is 13.7 Å². The molecule has 0 fully saturated rings. The maximum Gasteiger partial charge on any atom is 0.490 e. The fraction of sp³-hybridized carbons (Fsp3) is 0.350. The molecule has 17 heteroatoms. The van der Waals surface area contributed by atoms with E-state index < -0.39 is 24.3 Å².